The Kier molecular flexibility index (Phi) is 3.32. The monoisotopic (exact) mass is 306 g/mol. The first-order valence-electron chi connectivity index (χ1n) is 7.23. The van der Waals surface area contributed by atoms with Crippen LogP contribution < -0.4 is 5.32 Å². The summed E-state index contributed by atoms with van der Waals surface area (Å²) in [6.07, 6.45) is 1.02. The second kappa shape index (κ2) is 4.95. The Hall–Kier alpha value is -2.15. The van der Waals surface area contributed by atoms with Gasteiger partial charge in [-0.1, -0.05) is 19.9 Å². The number of carbonyl (C=O) groups is 1. The first kappa shape index (κ1) is 14.8. The lowest BCUT2D eigenvalue weighted by molar-refractivity contribution is -0.385. The van der Waals surface area contributed by atoms with Crippen LogP contribution >= 0.6 is 0 Å². The number of para-hydroxylation sites is 1. The summed E-state index contributed by atoms with van der Waals surface area (Å²) in [5.41, 5.74) is -0.734. The molecule has 1 saturated carbocycles. The Morgan fingerprint density at radius 1 is 1.50 bits per heavy atom. The van der Waals surface area contributed by atoms with Crippen LogP contribution in [-0.2, 0) is 4.74 Å². The number of nitrogens with zero attached hydrogens (tertiary/aromatic N) is 1. The van der Waals surface area contributed by atoms with Crippen LogP contribution in [0.4, 0.5) is 5.69 Å². The van der Waals surface area contributed by atoms with E-state index in [0.717, 1.165) is 6.42 Å². The molecule has 2 N–H and O–H groups in total. The maximum atomic E-state index is 12.4. The van der Waals surface area contributed by atoms with Gasteiger partial charge in [0.1, 0.15) is 0 Å². The molecule has 1 heterocycles. The standard InChI is InChI=1S/C15H18N2O5/c1-15(2)12(9-6-7-22-13(9)15)16-14(19)8-4-3-5-10(11(8)18)17(20)21/h3-5,9,12-13,18H,6-7H2,1-2H3,(H,16,19)/t9-,12+,13+/m0/s1. The van der Waals surface area contributed by atoms with Crippen LogP contribution in [-0.4, -0.2) is 34.7 Å². The van der Waals surface area contributed by atoms with E-state index in [0.29, 0.717) is 6.61 Å². The Balaban J connectivity index is 1.81. The van der Waals surface area contributed by atoms with Gasteiger partial charge in [-0.2, -0.15) is 0 Å². The molecule has 7 nitrogen and oxygen atoms in total. The summed E-state index contributed by atoms with van der Waals surface area (Å²) in [5.74, 6) is -0.828. The van der Waals surface area contributed by atoms with E-state index in [9.17, 15) is 20.0 Å². The number of rotatable bonds is 3. The third-order valence-corrected chi connectivity index (χ3v) is 4.84. The van der Waals surface area contributed by atoms with E-state index < -0.39 is 22.3 Å². The molecule has 0 unspecified atom stereocenters. The molecule has 1 amide bonds. The summed E-state index contributed by atoms with van der Waals surface area (Å²) >= 11 is 0. The molecule has 3 atom stereocenters. The SMILES string of the molecule is CC1(C)[C@H](NC(=O)c2cccc([N+](=O)[O-])c2O)[C@@H]2CCO[C@H]21. The highest BCUT2D eigenvalue weighted by atomic mass is 16.6. The maximum Gasteiger partial charge on any atom is 0.311 e. The van der Waals surface area contributed by atoms with Crippen molar-refractivity contribution in [2.75, 3.05) is 6.61 Å². The number of carbonyl (C=O) groups excluding carboxylic acids is 1. The lowest BCUT2D eigenvalue weighted by Gasteiger charge is -2.54. The van der Waals surface area contributed by atoms with Crippen molar-refractivity contribution in [1.29, 1.82) is 0 Å². The van der Waals surface area contributed by atoms with Crippen LogP contribution in [0.15, 0.2) is 18.2 Å². The van der Waals surface area contributed by atoms with Crippen molar-refractivity contribution in [1.82, 2.24) is 5.32 Å². The topological polar surface area (TPSA) is 102 Å². The summed E-state index contributed by atoms with van der Waals surface area (Å²) in [4.78, 5) is 22.5. The minimum atomic E-state index is -0.708. The van der Waals surface area contributed by atoms with Crippen LogP contribution in [0.5, 0.6) is 5.75 Å². The van der Waals surface area contributed by atoms with E-state index in [1.54, 1.807) is 0 Å². The number of aromatic hydroxyl groups is 1. The third-order valence-electron chi connectivity index (χ3n) is 4.84. The molecule has 3 rings (SSSR count). The number of ether oxygens (including phenoxy) is 1. The molecular formula is C15H18N2O5. The van der Waals surface area contributed by atoms with Crippen molar-refractivity contribution in [3.8, 4) is 5.75 Å². The Morgan fingerprint density at radius 3 is 2.91 bits per heavy atom. The van der Waals surface area contributed by atoms with E-state index in [2.05, 4.69) is 5.32 Å². The number of hydrogen-bond acceptors (Lipinski definition) is 5. The fraction of sp³-hybridized carbons (Fsp3) is 0.533. The minimum Gasteiger partial charge on any atom is -0.502 e. The van der Waals surface area contributed by atoms with Crippen LogP contribution in [0, 0.1) is 21.4 Å². The van der Waals surface area contributed by atoms with Crippen molar-refractivity contribution in [2.24, 2.45) is 11.3 Å². The zero-order valence-electron chi connectivity index (χ0n) is 12.4. The molecule has 1 aromatic carbocycles. The van der Waals surface area contributed by atoms with Crippen LogP contribution in [0.1, 0.15) is 30.6 Å². The molecule has 2 fully saturated rings. The summed E-state index contributed by atoms with van der Waals surface area (Å²) in [6, 6.07) is 3.87. The van der Waals surface area contributed by atoms with Crippen molar-refractivity contribution in [3.05, 3.63) is 33.9 Å². The van der Waals surface area contributed by atoms with Crippen molar-refractivity contribution in [3.63, 3.8) is 0 Å². The highest BCUT2D eigenvalue weighted by Gasteiger charge is 2.59. The van der Waals surface area contributed by atoms with Gasteiger partial charge in [-0.15, -0.1) is 0 Å². The Morgan fingerprint density at radius 2 is 2.23 bits per heavy atom. The van der Waals surface area contributed by atoms with Gasteiger partial charge >= 0.3 is 5.69 Å². The van der Waals surface area contributed by atoms with Gasteiger partial charge in [-0.3, -0.25) is 14.9 Å². The van der Waals surface area contributed by atoms with Gasteiger partial charge in [0.05, 0.1) is 16.6 Å². The average Bonchev–Trinajstić information content (AvgIpc) is 2.91. The van der Waals surface area contributed by atoms with Gasteiger partial charge in [0, 0.05) is 30.0 Å². The molecule has 0 bridgehead atoms. The number of hydrogen-bond donors (Lipinski definition) is 2. The third kappa shape index (κ3) is 2.04. The summed E-state index contributed by atoms with van der Waals surface area (Å²) in [7, 11) is 0. The zero-order valence-corrected chi connectivity index (χ0v) is 12.4. The number of nitrogens with one attached hydrogen (secondary N) is 1. The molecule has 7 heteroatoms. The zero-order chi connectivity index (χ0) is 16.1. The van der Waals surface area contributed by atoms with E-state index in [1.807, 2.05) is 13.8 Å². The van der Waals surface area contributed by atoms with Crippen LogP contribution in [0.25, 0.3) is 0 Å². The van der Waals surface area contributed by atoms with Crippen molar-refractivity contribution in [2.45, 2.75) is 32.4 Å². The van der Waals surface area contributed by atoms with Gasteiger partial charge < -0.3 is 15.2 Å². The largest absolute Gasteiger partial charge is 0.502 e. The van der Waals surface area contributed by atoms with E-state index in [1.165, 1.54) is 18.2 Å². The van der Waals surface area contributed by atoms with Crippen molar-refractivity contribution < 1.29 is 19.6 Å². The number of amides is 1. The number of phenolic OH excluding ortho intramolecular Hbond substituents is 1. The minimum absolute atomic E-state index is 0.0637. The molecule has 0 aromatic heterocycles. The van der Waals surface area contributed by atoms with E-state index in [-0.39, 0.29) is 29.0 Å². The number of nitro groups is 1. The fourth-order valence-corrected chi connectivity index (χ4v) is 3.70. The summed E-state index contributed by atoms with van der Waals surface area (Å²) in [6.45, 7) is 4.74. The molecule has 118 valence electrons. The molecule has 2 aliphatic rings. The molecule has 0 spiro atoms. The van der Waals surface area contributed by atoms with Gasteiger partial charge in [-0.05, 0) is 12.5 Å². The van der Waals surface area contributed by atoms with Gasteiger partial charge in [-0.25, -0.2) is 0 Å². The number of nitro benzene ring substituents is 1. The molecule has 1 aliphatic heterocycles. The first-order valence-corrected chi connectivity index (χ1v) is 7.23. The average molecular weight is 306 g/mol. The Bertz CT molecular complexity index is 643. The van der Waals surface area contributed by atoms with Gasteiger partial charge in [0.2, 0.25) is 5.75 Å². The normalized spacial score (nSPS) is 28.5. The predicted molar refractivity (Wildman–Crippen MR) is 77.6 cm³/mol. The van der Waals surface area contributed by atoms with Crippen molar-refractivity contribution >= 4 is 11.6 Å². The molecule has 1 aromatic rings. The van der Waals surface area contributed by atoms with Gasteiger partial charge in [0.25, 0.3) is 5.91 Å². The van der Waals surface area contributed by atoms with Crippen LogP contribution in [0.3, 0.4) is 0 Å². The fourth-order valence-electron chi connectivity index (χ4n) is 3.70. The number of benzene rings is 1. The molecule has 1 aliphatic carbocycles. The van der Waals surface area contributed by atoms with E-state index >= 15 is 0 Å². The maximum absolute atomic E-state index is 12.4. The molecule has 0 radical (unpaired) electrons. The van der Waals surface area contributed by atoms with E-state index in [4.69, 9.17) is 4.74 Å². The van der Waals surface area contributed by atoms with Crippen LogP contribution in [0.2, 0.25) is 0 Å². The quantitative estimate of drug-likeness (QED) is 0.655. The highest BCUT2D eigenvalue weighted by Crippen LogP contribution is 2.52. The van der Waals surface area contributed by atoms with Gasteiger partial charge in [0.15, 0.2) is 0 Å². The summed E-state index contributed by atoms with van der Waals surface area (Å²) < 4.78 is 5.67. The second-order valence-corrected chi connectivity index (χ2v) is 6.45. The summed E-state index contributed by atoms with van der Waals surface area (Å²) in [5, 5.41) is 23.7. The lowest BCUT2D eigenvalue weighted by atomic mass is 9.57. The molecular weight excluding hydrogens is 288 g/mol. The predicted octanol–water partition coefficient (Wildman–Crippen LogP) is 1.84. The molecule has 22 heavy (non-hydrogen) atoms. The second-order valence-electron chi connectivity index (χ2n) is 6.45. The number of fused-ring (bicyclic) bond motifs is 1. The highest BCUT2D eigenvalue weighted by molar-refractivity contribution is 5.98. The molecule has 1 saturated heterocycles. The Labute approximate surface area is 127 Å². The first-order chi connectivity index (χ1) is 10.3. The number of phenols is 1. The lowest BCUT2D eigenvalue weighted by Crippen LogP contribution is -2.66. The smallest absolute Gasteiger partial charge is 0.311 e.